The van der Waals surface area contributed by atoms with E-state index in [0.29, 0.717) is 11.8 Å². The Kier molecular flexibility index (Phi) is 1.84. The SMILES string of the molecule is CC1=CC2CCC(O)C2C=C1C. The van der Waals surface area contributed by atoms with Crippen molar-refractivity contribution in [2.24, 2.45) is 11.8 Å². The predicted molar refractivity (Wildman–Crippen MR) is 49.7 cm³/mol. The molecule has 0 radical (unpaired) electrons. The normalized spacial score (nSPS) is 40.4. The quantitative estimate of drug-likeness (QED) is 0.582. The molecular weight excluding hydrogens is 148 g/mol. The third-order valence-corrected chi connectivity index (χ3v) is 3.26. The molecule has 2 rings (SSSR count). The summed E-state index contributed by atoms with van der Waals surface area (Å²) in [6.07, 6.45) is 6.62. The van der Waals surface area contributed by atoms with E-state index >= 15 is 0 Å². The van der Waals surface area contributed by atoms with Gasteiger partial charge in [0.2, 0.25) is 0 Å². The fourth-order valence-corrected chi connectivity index (χ4v) is 2.34. The van der Waals surface area contributed by atoms with Gasteiger partial charge in [0.05, 0.1) is 6.10 Å². The molecule has 0 spiro atoms. The Balaban J connectivity index is 2.27. The second kappa shape index (κ2) is 2.74. The lowest BCUT2D eigenvalue weighted by molar-refractivity contribution is 0.146. The van der Waals surface area contributed by atoms with Crippen LogP contribution in [0.25, 0.3) is 0 Å². The van der Waals surface area contributed by atoms with Crippen LogP contribution in [0.5, 0.6) is 0 Å². The number of aliphatic hydroxyl groups is 1. The Bertz CT molecular complexity index is 250. The fraction of sp³-hybridized carbons (Fsp3) is 0.636. The number of hydrogen-bond acceptors (Lipinski definition) is 1. The average molecular weight is 164 g/mol. The summed E-state index contributed by atoms with van der Waals surface area (Å²) in [7, 11) is 0. The van der Waals surface area contributed by atoms with E-state index in [1.165, 1.54) is 11.1 Å². The van der Waals surface area contributed by atoms with Gasteiger partial charge in [-0.05, 0) is 32.6 Å². The zero-order valence-corrected chi connectivity index (χ0v) is 7.75. The van der Waals surface area contributed by atoms with Gasteiger partial charge in [0.15, 0.2) is 0 Å². The van der Waals surface area contributed by atoms with E-state index in [4.69, 9.17) is 0 Å². The van der Waals surface area contributed by atoms with Crippen LogP contribution in [0.2, 0.25) is 0 Å². The molecule has 1 saturated carbocycles. The largest absolute Gasteiger partial charge is 0.392 e. The van der Waals surface area contributed by atoms with Crippen LogP contribution >= 0.6 is 0 Å². The summed E-state index contributed by atoms with van der Waals surface area (Å²) in [5.74, 6) is 1.03. The van der Waals surface area contributed by atoms with Gasteiger partial charge in [-0.3, -0.25) is 0 Å². The molecule has 2 aliphatic rings. The highest BCUT2D eigenvalue weighted by atomic mass is 16.3. The van der Waals surface area contributed by atoms with Gasteiger partial charge >= 0.3 is 0 Å². The molecule has 0 bridgehead atoms. The number of hydrogen-bond donors (Lipinski definition) is 1. The van der Waals surface area contributed by atoms with Crippen molar-refractivity contribution in [1.29, 1.82) is 0 Å². The maximum absolute atomic E-state index is 9.65. The van der Waals surface area contributed by atoms with E-state index in [2.05, 4.69) is 26.0 Å². The summed E-state index contributed by atoms with van der Waals surface area (Å²) in [6, 6.07) is 0. The summed E-state index contributed by atoms with van der Waals surface area (Å²) >= 11 is 0. The Labute approximate surface area is 73.8 Å². The number of aliphatic hydroxyl groups excluding tert-OH is 1. The third-order valence-electron chi connectivity index (χ3n) is 3.26. The van der Waals surface area contributed by atoms with E-state index < -0.39 is 0 Å². The Hall–Kier alpha value is -0.560. The van der Waals surface area contributed by atoms with Gasteiger partial charge < -0.3 is 5.11 Å². The van der Waals surface area contributed by atoms with Crippen LogP contribution in [0.1, 0.15) is 26.7 Å². The van der Waals surface area contributed by atoms with Crippen LogP contribution < -0.4 is 0 Å². The molecule has 0 heterocycles. The minimum atomic E-state index is -0.0886. The molecule has 0 amide bonds. The zero-order valence-electron chi connectivity index (χ0n) is 7.75. The van der Waals surface area contributed by atoms with Crippen molar-refractivity contribution in [3.63, 3.8) is 0 Å². The second-order valence-electron chi connectivity index (χ2n) is 4.09. The molecule has 3 unspecified atom stereocenters. The van der Waals surface area contributed by atoms with Crippen molar-refractivity contribution in [1.82, 2.24) is 0 Å². The monoisotopic (exact) mass is 164 g/mol. The van der Waals surface area contributed by atoms with Crippen molar-refractivity contribution < 1.29 is 5.11 Å². The number of allylic oxidation sites excluding steroid dienone is 3. The molecule has 1 nitrogen and oxygen atoms in total. The smallest absolute Gasteiger partial charge is 0.0608 e. The highest BCUT2D eigenvalue weighted by Gasteiger charge is 2.33. The summed E-state index contributed by atoms with van der Waals surface area (Å²) < 4.78 is 0. The van der Waals surface area contributed by atoms with Crippen LogP contribution in [0.3, 0.4) is 0 Å². The molecule has 0 aromatic carbocycles. The minimum Gasteiger partial charge on any atom is -0.392 e. The van der Waals surface area contributed by atoms with Crippen LogP contribution in [-0.4, -0.2) is 11.2 Å². The third kappa shape index (κ3) is 1.13. The first kappa shape index (κ1) is 8.06. The van der Waals surface area contributed by atoms with Gasteiger partial charge in [0.25, 0.3) is 0 Å². The summed E-state index contributed by atoms with van der Waals surface area (Å²) in [5.41, 5.74) is 2.74. The van der Waals surface area contributed by atoms with Crippen molar-refractivity contribution in [3.8, 4) is 0 Å². The molecule has 1 fully saturated rings. The Morgan fingerprint density at radius 2 is 1.83 bits per heavy atom. The van der Waals surface area contributed by atoms with E-state index in [9.17, 15) is 5.11 Å². The molecule has 66 valence electrons. The fourth-order valence-electron chi connectivity index (χ4n) is 2.34. The molecule has 2 aliphatic carbocycles. The molecule has 0 aliphatic heterocycles. The van der Waals surface area contributed by atoms with Gasteiger partial charge in [0.1, 0.15) is 0 Å². The summed E-state index contributed by atoms with van der Waals surface area (Å²) in [5, 5.41) is 9.65. The van der Waals surface area contributed by atoms with Gasteiger partial charge in [-0.25, -0.2) is 0 Å². The molecule has 1 N–H and O–H groups in total. The van der Waals surface area contributed by atoms with Gasteiger partial charge in [0, 0.05) is 5.92 Å². The van der Waals surface area contributed by atoms with Crippen molar-refractivity contribution >= 4 is 0 Å². The van der Waals surface area contributed by atoms with Crippen LogP contribution in [0, 0.1) is 11.8 Å². The second-order valence-corrected chi connectivity index (χ2v) is 4.09. The van der Waals surface area contributed by atoms with Gasteiger partial charge in [-0.2, -0.15) is 0 Å². The average Bonchev–Trinajstić information content (AvgIpc) is 2.35. The van der Waals surface area contributed by atoms with Crippen molar-refractivity contribution in [2.45, 2.75) is 32.8 Å². The Morgan fingerprint density at radius 3 is 2.58 bits per heavy atom. The maximum atomic E-state index is 9.65. The molecule has 1 heteroatoms. The van der Waals surface area contributed by atoms with E-state index in [0.717, 1.165) is 12.8 Å². The number of rotatable bonds is 0. The topological polar surface area (TPSA) is 20.2 Å². The number of fused-ring (bicyclic) bond motifs is 1. The molecular formula is C11H16O. The minimum absolute atomic E-state index is 0.0886. The standard InChI is InChI=1S/C11H16O/c1-7-5-9-3-4-11(12)10(9)6-8(7)2/h5-6,9-12H,3-4H2,1-2H3. The summed E-state index contributed by atoms with van der Waals surface area (Å²) in [4.78, 5) is 0. The lowest BCUT2D eigenvalue weighted by atomic mass is 9.85. The highest BCUT2D eigenvalue weighted by Crippen LogP contribution is 2.39. The zero-order chi connectivity index (χ0) is 8.72. The molecule has 0 aromatic heterocycles. The lowest BCUT2D eigenvalue weighted by Crippen LogP contribution is -2.18. The van der Waals surface area contributed by atoms with Gasteiger partial charge in [-0.15, -0.1) is 0 Å². The summed E-state index contributed by atoms with van der Waals surface area (Å²) in [6.45, 7) is 4.29. The molecule has 0 saturated heterocycles. The van der Waals surface area contributed by atoms with Crippen molar-refractivity contribution in [3.05, 3.63) is 23.3 Å². The van der Waals surface area contributed by atoms with Crippen LogP contribution in [0.15, 0.2) is 23.3 Å². The van der Waals surface area contributed by atoms with E-state index in [1.807, 2.05) is 0 Å². The molecule has 12 heavy (non-hydrogen) atoms. The van der Waals surface area contributed by atoms with Crippen molar-refractivity contribution in [2.75, 3.05) is 0 Å². The predicted octanol–water partition coefficient (Wildman–Crippen LogP) is 2.28. The lowest BCUT2D eigenvalue weighted by Gasteiger charge is -2.22. The van der Waals surface area contributed by atoms with Gasteiger partial charge in [-0.1, -0.05) is 23.3 Å². The van der Waals surface area contributed by atoms with E-state index in [-0.39, 0.29) is 6.10 Å². The van der Waals surface area contributed by atoms with Crippen LogP contribution in [-0.2, 0) is 0 Å². The molecule has 3 atom stereocenters. The Morgan fingerprint density at radius 1 is 1.17 bits per heavy atom. The maximum Gasteiger partial charge on any atom is 0.0608 e. The molecule has 0 aromatic rings. The highest BCUT2D eigenvalue weighted by molar-refractivity contribution is 5.33. The van der Waals surface area contributed by atoms with E-state index in [1.54, 1.807) is 0 Å². The first-order valence-corrected chi connectivity index (χ1v) is 4.74. The van der Waals surface area contributed by atoms with Crippen LogP contribution in [0.4, 0.5) is 0 Å². The first-order valence-electron chi connectivity index (χ1n) is 4.74. The first-order chi connectivity index (χ1) is 5.68.